The molecule has 0 atom stereocenters. The average Bonchev–Trinajstić information content (AvgIpc) is 3.14. The Bertz CT molecular complexity index is 1040. The minimum Gasteiger partial charge on any atom is -0.338 e. The number of aromatic nitrogens is 5. The van der Waals surface area contributed by atoms with Crippen LogP contribution in [0.25, 0.3) is 11.0 Å². The molecule has 156 valence electrons. The summed E-state index contributed by atoms with van der Waals surface area (Å²) in [7, 11) is 3.29. The molecule has 1 amide bonds. The largest absolute Gasteiger partial charge is 0.338 e. The van der Waals surface area contributed by atoms with Gasteiger partial charge >= 0.3 is 0 Å². The number of hydrogen-bond acceptors (Lipinski definition) is 4. The molecular formula is C17H17BrF4N6O. The van der Waals surface area contributed by atoms with Crippen molar-refractivity contribution < 1.29 is 22.4 Å². The van der Waals surface area contributed by atoms with E-state index >= 15 is 0 Å². The molecule has 0 saturated carbocycles. The minimum atomic E-state index is -3.03. The first-order valence-corrected chi connectivity index (χ1v) is 9.24. The second kappa shape index (κ2) is 8.09. The Hall–Kier alpha value is -2.50. The summed E-state index contributed by atoms with van der Waals surface area (Å²) in [4.78, 5) is 17.8. The Morgan fingerprint density at radius 1 is 1.28 bits per heavy atom. The summed E-state index contributed by atoms with van der Waals surface area (Å²) < 4.78 is 56.5. The molecule has 0 aliphatic carbocycles. The maximum atomic E-state index is 13.4. The lowest BCUT2D eigenvalue weighted by Gasteiger charge is -2.18. The first-order valence-electron chi connectivity index (χ1n) is 8.44. The van der Waals surface area contributed by atoms with E-state index in [1.807, 2.05) is 0 Å². The van der Waals surface area contributed by atoms with Crippen molar-refractivity contribution in [2.75, 3.05) is 7.05 Å². The van der Waals surface area contributed by atoms with E-state index in [-0.39, 0.29) is 29.8 Å². The van der Waals surface area contributed by atoms with Crippen LogP contribution in [-0.4, -0.2) is 42.4 Å². The van der Waals surface area contributed by atoms with Gasteiger partial charge in [0.1, 0.15) is 12.2 Å². The third-order valence-electron chi connectivity index (χ3n) is 4.49. The Labute approximate surface area is 171 Å². The number of likely N-dealkylation sites (N-methyl/N-ethyl adjacent to an activating group) is 1. The van der Waals surface area contributed by atoms with Crippen LogP contribution >= 0.6 is 15.9 Å². The molecule has 29 heavy (non-hydrogen) atoms. The highest BCUT2D eigenvalue weighted by Crippen LogP contribution is 2.32. The van der Waals surface area contributed by atoms with E-state index in [1.54, 1.807) is 25.0 Å². The summed E-state index contributed by atoms with van der Waals surface area (Å²) in [5.74, 6) is -0.398. The van der Waals surface area contributed by atoms with E-state index in [1.165, 1.54) is 11.8 Å². The molecule has 3 heterocycles. The monoisotopic (exact) mass is 476 g/mol. The second-order valence-corrected chi connectivity index (χ2v) is 7.35. The maximum absolute atomic E-state index is 13.4. The number of aryl methyl sites for hydroxylation is 2. The summed E-state index contributed by atoms with van der Waals surface area (Å²) in [5, 5.41) is 8.14. The van der Waals surface area contributed by atoms with Crippen molar-refractivity contribution in [1.82, 2.24) is 29.4 Å². The molecule has 3 rings (SSSR count). The summed E-state index contributed by atoms with van der Waals surface area (Å²) >= 11 is 3.35. The van der Waals surface area contributed by atoms with Gasteiger partial charge in [-0.25, -0.2) is 27.2 Å². The zero-order chi connectivity index (χ0) is 21.5. The van der Waals surface area contributed by atoms with E-state index in [2.05, 4.69) is 31.1 Å². The zero-order valence-corrected chi connectivity index (χ0v) is 17.3. The lowest BCUT2D eigenvalue weighted by molar-refractivity contribution is -0.131. The molecule has 3 aromatic rings. The van der Waals surface area contributed by atoms with Gasteiger partial charge < -0.3 is 4.90 Å². The molecule has 0 N–H and O–H groups in total. The van der Waals surface area contributed by atoms with Crippen LogP contribution < -0.4 is 0 Å². The quantitative estimate of drug-likeness (QED) is 0.507. The van der Waals surface area contributed by atoms with Gasteiger partial charge in [-0.15, -0.1) is 0 Å². The van der Waals surface area contributed by atoms with Gasteiger partial charge in [-0.1, -0.05) is 0 Å². The standard InChI is InChI=1S/C17H17BrF4N6O/c1-8-14-9(15(19)20)4-11(16(21)22)24-17(14)28(25-8)7-13(29)26(2)6-12-10(18)5-23-27(12)3/h4-5,15-16H,6-7H2,1-3H3. The van der Waals surface area contributed by atoms with E-state index in [9.17, 15) is 22.4 Å². The van der Waals surface area contributed by atoms with Crippen LogP contribution in [0.15, 0.2) is 16.7 Å². The van der Waals surface area contributed by atoms with Gasteiger partial charge in [0.25, 0.3) is 12.9 Å². The van der Waals surface area contributed by atoms with Gasteiger partial charge in [0.2, 0.25) is 5.91 Å². The van der Waals surface area contributed by atoms with Crippen molar-refractivity contribution in [2.45, 2.75) is 32.9 Å². The Morgan fingerprint density at radius 2 is 1.97 bits per heavy atom. The summed E-state index contributed by atoms with van der Waals surface area (Å²) in [6.45, 7) is 1.36. The van der Waals surface area contributed by atoms with Gasteiger partial charge in [0.05, 0.1) is 34.0 Å². The molecule has 0 unspecified atom stereocenters. The number of halogens is 5. The fraction of sp³-hybridized carbons (Fsp3) is 0.412. The van der Waals surface area contributed by atoms with E-state index in [4.69, 9.17) is 0 Å². The van der Waals surface area contributed by atoms with Crippen LogP contribution in [0.2, 0.25) is 0 Å². The lowest BCUT2D eigenvalue weighted by Crippen LogP contribution is -2.31. The highest BCUT2D eigenvalue weighted by molar-refractivity contribution is 9.10. The lowest BCUT2D eigenvalue weighted by atomic mass is 10.1. The van der Waals surface area contributed by atoms with Crippen LogP contribution in [0.4, 0.5) is 17.6 Å². The fourth-order valence-electron chi connectivity index (χ4n) is 2.98. The highest BCUT2D eigenvalue weighted by Gasteiger charge is 2.24. The summed E-state index contributed by atoms with van der Waals surface area (Å²) in [5.41, 5.74) is -0.588. The fourth-order valence-corrected chi connectivity index (χ4v) is 3.45. The molecule has 0 aliphatic rings. The number of pyridine rings is 1. The van der Waals surface area contributed by atoms with E-state index in [0.29, 0.717) is 6.07 Å². The summed E-state index contributed by atoms with van der Waals surface area (Å²) in [6, 6.07) is 0.685. The number of hydrogen-bond donors (Lipinski definition) is 0. The number of alkyl halides is 4. The third kappa shape index (κ3) is 4.11. The molecule has 12 heteroatoms. The first-order chi connectivity index (χ1) is 13.6. The van der Waals surface area contributed by atoms with Crippen LogP contribution in [-0.2, 0) is 24.9 Å². The number of carbonyl (C=O) groups is 1. The predicted octanol–water partition coefficient (Wildman–Crippen LogP) is 3.77. The van der Waals surface area contributed by atoms with Crippen molar-refractivity contribution in [3.05, 3.63) is 39.4 Å². The Kier molecular flexibility index (Phi) is 5.92. The maximum Gasteiger partial charge on any atom is 0.280 e. The molecule has 7 nitrogen and oxygen atoms in total. The van der Waals surface area contributed by atoms with Crippen molar-refractivity contribution in [3.8, 4) is 0 Å². The third-order valence-corrected chi connectivity index (χ3v) is 5.16. The Morgan fingerprint density at radius 3 is 2.52 bits per heavy atom. The normalized spacial score (nSPS) is 11.8. The number of carbonyl (C=O) groups excluding carboxylic acids is 1. The first kappa shape index (κ1) is 21.2. The number of nitrogens with zero attached hydrogens (tertiary/aromatic N) is 6. The number of fused-ring (bicyclic) bond motifs is 1. The zero-order valence-electron chi connectivity index (χ0n) is 15.7. The van der Waals surface area contributed by atoms with Crippen molar-refractivity contribution in [1.29, 1.82) is 0 Å². The van der Waals surface area contributed by atoms with Gasteiger partial charge in [0.15, 0.2) is 5.65 Å². The van der Waals surface area contributed by atoms with Crippen LogP contribution in [0.3, 0.4) is 0 Å². The molecule has 0 radical (unpaired) electrons. The van der Waals surface area contributed by atoms with Gasteiger partial charge in [-0.2, -0.15) is 10.2 Å². The Balaban J connectivity index is 1.94. The van der Waals surface area contributed by atoms with Gasteiger partial charge in [0, 0.05) is 19.7 Å². The van der Waals surface area contributed by atoms with E-state index < -0.39 is 30.0 Å². The van der Waals surface area contributed by atoms with Crippen molar-refractivity contribution in [3.63, 3.8) is 0 Å². The number of rotatable bonds is 6. The molecule has 3 aromatic heterocycles. The molecule has 0 bridgehead atoms. The smallest absolute Gasteiger partial charge is 0.280 e. The second-order valence-electron chi connectivity index (χ2n) is 6.49. The summed E-state index contributed by atoms with van der Waals surface area (Å²) in [6.07, 6.45) is -4.41. The molecule has 0 spiro atoms. The topological polar surface area (TPSA) is 68.8 Å². The minimum absolute atomic E-state index is 0.0192. The van der Waals surface area contributed by atoms with Crippen molar-refractivity contribution in [2.24, 2.45) is 7.05 Å². The van der Waals surface area contributed by atoms with Gasteiger partial charge in [-0.3, -0.25) is 9.48 Å². The SMILES string of the molecule is Cc1nn(CC(=O)N(C)Cc2c(Br)cnn2C)c2nc(C(F)F)cc(C(F)F)c12. The molecule has 0 aromatic carbocycles. The highest BCUT2D eigenvalue weighted by atomic mass is 79.9. The average molecular weight is 477 g/mol. The van der Waals surface area contributed by atoms with Crippen LogP contribution in [0.5, 0.6) is 0 Å². The van der Waals surface area contributed by atoms with Gasteiger partial charge in [-0.05, 0) is 28.9 Å². The molecule has 0 aliphatic heterocycles. The molecular weight excluding hydrogens is 460 g/mol. The number of amides is 1. The van der Waals surface area contributed by atoms with Crippen LogP contribution in [0.1, 0.15) is 35.5 Å². The molecule has 0 saturated heterocycles. The predicted molar refractivity (Wildman–Crippen MR) is 99.6 cm³/mol. The van der Waals surface area contributed by atoms with E-state index in [0.717, 1.165) is 14.8 Å². The molecule has 0 fully saturated rings. The van der Waals surface area contributed by atoms with Crippen molar-refractivity contribution >= 4 is 32.9 Å². The van der Waals surface area contributed by atoms with Crippen LogP contribution in [0, 0.1) is 6.92 Å².